The van der Waals surface area contributed by atoms with Crippen molar-refractivity contribution in [2.45, 2.75) is 19.3 Å². The summed E-state index contributed by atoms with van der Waals surface area (Å²) in [5.41, 5.74) is 10.2. The fourth-order valence-electron chi connectivity index (χ4n) is 7.90. The van der Waals surface area contributed by atoms with Gasteiger partial charge in [-0.15, -0.1) is 11.3 Å². The second-order valence-electron chi connectivity index (χ2n) is 13.6. The van der Waals surface area contributed by atoms with E-state index in [4.69, 9.17) is 15.0 Å². The molecule has 1 aliphatic rings. The van der Waals surface area contributed by atoms with E-state index < -0.39 is 0 Å². The van der Waals surface area contributed by atoms with Gasteiger partial charge in [-0.25, -0.2) is 15.0 Å². The molecule has 236 valence electrons. The summed E-state index contributed by atoms with van der Waals surface area (Å²) in [6, 6.07) is 54.1. The quantitative estimate of drug-likeness (QED) is 0.189. The van der Waals surface area contributed by atoms with E-state index >= 15 is 0 Å². The summed E-state index contributed by atoms with van der Waals surface area (Å²) >= 11 is 1.84. The van der Waals surface area contributed by atoms with Crippen LogP contribution in [0.15, 0.2) is 152 Å². The van der Waals surface area contributed by atoms with Crippen LogP contribution in [0.3, 0.4) is 0 Å². The molecule has 1 aliphatic carbocycles. The molecule has 0 unspecified atom stereocenters. The van der Waals surface area contributed by atoms with Gasteiger partial charge in [-0.3, -0.25) is 0 Å². The molecule has 0 aliphatic heterocycles. The molecule has 2 aromatic heterocycles. The number of benzene rings is 7. The summed E-state index contributed by atoms with van der Waals surface area (Å²) in [5.74, 6) is 2.02. The van der Waals surface area contributed by atoms with E-state index in [2.05, 4.69) is 159 Å². The summed E-state index contributed by atoms with van der Waals surface area (Å²) in [5, 5.41) is 5.09. The minimum atomic E-state index is -0.207. The third-order valence-electron chi connectivity index (χ3n) is 10.3. The Balaban J connectivity index is 1.19. The molecule has 2 heterocycles. The number of thiophene rings is 1. The fraction of sp³-hybridized carbons (Fsp3) is 0.0652. The lowest BCUT2D eigenvalue weighted by molar-refractivity contribution is 0.661. The third-order valence-corrected chi connectivity index (χ3v) is 11.5. The Bertz CT molecular complexity index is 2790. The van der Waals surface area contributed by atoms with Gasteiger partial charge in [-0.1, -0.05) is 153 Å². The second-order valence-corrected chi connectivity index (χ2v) is 14.7. The Morgan fingerprint density at radius 3 is 1.96 bits per heavy atom. The molecule has 0 spiro atoms. The highest BCUT2D eigenvalue weighted by atomic mass is 32.1. The Kier molecular flexibility index (Phi) is 6.39. The number of nitrogens with zero attached hydrogens (tertiary/aromatic N) is 3. The van der Waals surface area contributed by atoms with Crippen molar-refractivity contribution >= 4 is 42.3 Å². The zero-order chi connectivity index (χ0) is 33.4. The van der Waals surface area contributed by atoms with Gasteiger partial charge in [0.05, 0.1) is 0 Å². The van der Waals surface area contributed by atoms with Gasteiger partial charge >= 0.3 is 0 Å². The van der Waals surface area contributed by atoms with Gasteiger partial charge in [0.15, 0.2) is 17.5 Å². The van der Waals surface area contributed by atoms with Crippen molar-refractivity contribution in [2.75, 3.05) is 0 Å². The molecule has 0 saturated heterocycles. The zero-order valence-electron chi connectivity index (χ0n) is 27.7. The maximum absolute atomic E-state index is 5.28. The van der Waals surface area contributed by atoms with E-state index in [0.717, 1.165) is 27.8 Å². The van der Waals surface area contributed by atoms with E-state index in [1.807, 2.05) is 17.4 Å². The molecule has 50 heavy (non-hydrogen) atoms. The molecule has 0 atom stereocenters. The molecular weight excluding hydrogens is 627 g/mol. The van der Waals surface area contributed by atoms with Gasteiger partial charge in [-0.2, -0.15) is 0 Å². The standard InChI is InChI=1S/C46H31N3S/c1-46(2)39-21-9-8-18-34(39)36-19-11-20-38(41(36)46)45-48-43(31-16-10-15-30(26-31)28-12-4-3-5-13-28)47-44(49-45)32-23-24-35-37-25-22-29-14-6-7-17-33(29)42(37)50-40(35)27-32/h3-27H,1-2H3. The molecule has 10 rings (SSSR count). The summed E-state index contributed by atoms with van der Waals surface area (Å²) in [4.78, 5) is 15.7. The van der Waals surface area contributed by atoms with E-state index in [1.165, 1.54) is 53.2 Å². The topological polar surface area (TPSA) is 38.7 Å². The molecular formula is C46H31N3S. The SMILES string of the molecule is CC1(C)c2ccccc2-c2cccc(-c3nc(-c4cccc(-c5ccccc5)c4)nc(-c4ccc5c(c4)sc4c6ccccc6ccc54)n3)c21. The maximum Gasteiger partial charge on any atom is 0.164 e. The number of aromatic nitrogens is 3. The van der Waals surface area contributed by atoms with Gasteiger partial charge in [-0.05, 0) is 56.3 Å². The van der Waals surface area contributed by atoms with Crippen LogP contribution in [0.5, 0.6) is 0 Å². The second kappa shape index (κ2) is 11.0. The van der Waals surface area contributed by atoms with Crippen LogP contribution in [0, 0.1) is 0 Å². The fourth-order valence-corrected chi connectivity index (χ4v) is 9.18. The first kappa shape index (κ1) is 29.0. The third kappa shape index (κ3) is 4.45. The number of hydrogen-bond donors (Lipinski definition) is 0. The van der Waals surface area contributed by atoms with E-state index in [1.54, 1.807) is 0 Å². The largest absolute Gasteiger partial charge is 0.208 e. The molecule has 0 saturated carbocycles. The molecule has 0 N–H and O–H groups in total. The van der Waals surface area contributed by atoms with E-state index in [9.17, 15) is 0 Å². The van der Waals surface area contributed by atoms with Crippen LogP contribution in [0.1, 0.15) is 25.0 Å². The highest BCUT2D eigenvalue weighted by Gasteiger charge is 2.38. The summed E-state index contributed by atoms with van der Waals surface area (Å²) in [6.07, 6.45) is 0. The van der Waals surface area contributed by atoms with Crippen LogP contribution in [0.4, 0.5) is 0 Å². The molecule has 3 nitrogen and oxygen atoms in total. The van der Waals surface area contributed by atoms with Crippen molar-refractivity contribution in [3.8, 4) is 56.4 Å². The van der Waals surface area contributed by atoms with Gasteiger partial charge in [0.1, 0.15) is 0 Å². The van der Waals surface area contributed by atoms with E-state index in [0.29, 0.717) is 17.5 Å². The van der Waals surface area contributed by atoms with E-state index in [-0.39, 0.29) is 5.41 Å². The van der Waals surface area contributed by atoms with Crippen LogP contribution in [0.25, 0.3) is 87.4 Å². The Morgan fingerprint density at radius 2 is 1.08 bits per heavy atom. The van der Waals surface area contributed by atoms with Crippen molar-refractivity contribution in [1.29, 1.82) is 0 Å². The highest BCUT2D eigenvalue weighted by molar-refractivity contribution is 7.26. The van der Waals surface area contributed by atoms with Crippen molar-refractivity contribution in [3.05, 3.63) is 163 Å². The molecule has 4 heteroatoms. The zero-order valence-corrected chi connectivity index (χ0v) is 28.5. The van der Waals surface area contributed by atoms with Gasteiger partial charge < -0.3 is 0 Å². The minimum Gasteiger partial charge on any atom is -0.208 e. The normalized spacial score (nSPS) is 13.2. The van der Waals surface area contributed by atoms with Crippen LogP contribution < -0.4 is 0 Å². The predicted octanol–water partition coefficient (Wildman–Crippen LogP) is 12.4. The smallest absolute Gasteiger partial charge is 0.164 e. The molecule has 0 bridgehead atoms. The highest BCUT2D eigenvalue weighted by Crippen LogP contribution is 2.52. The van der Waals surface area contributed by atoms with Gasteiger partial charge in [0.2, 0.25) is 0 Å². The lowest BCUT2D eigenvalue weighted by Gasteiger charge is -2.24. The predicted molar refractivity (Wildman–Crippen MR) is 210 cm³/mol. The molecule has 0 amide bonds. The average Bonchev–Trinajstić information content (AvgIpc) is 3.67. The molecule has 0 fully saturated rings. The molecule has 0 radical (unpaired) electrons. The Morgan fingerprint density at radius 1 is 0.440 bits per heavy atom. The molecule has 7 aromatic carbocycles. The first-order valence-electron chi connectivity index (χ1n) is 17.0. The Hall–Kier alpha value is -5.97. The van der Waals surface area contributed by atoms with Gasteiger partial charge in [0.25, 0.3) is 0 Å². The van der Waals surface area contributed by atoms with Gasteiger partial charge in [0, 0.05) is 42.3 Å². The summed E-state index contributed by atoms with van der Waals surface area (Å²) in [6.45, 7) is 4.62. The van der Waals surface area contributed by atoms with Crippen molar-refractivity contribution < 1.29 is 0 Å². The lowest BCUT2D eigenvalue weighted by atomic mass is 9.80. The van der Waals surface area contributed by atoms with Crippen molar-refractivity contribution in [2.24, 2.45) is 0 Å². The first-order chi connectivity index (χ1) is 24.5. The van der Waals surface area contributed by atoms with Crippen LogP contribution in [-0.4, -0.2) is 15.0 Å². The van der Waals surface area contributed by atoms with Crippen LogP contribution >= 0.6 is 11.3 Å². The Labute approximate surface area is 294 Å². The number of fused-ring (bicyclic) bond motifs is 8. The van der Waals surface area contributed by atoms with Crippen molar-refractivity contribution in [1.82, 2.24) is 15.0 Å². The number of rotatable bonds is 4. The minimum absolute atomic E-state index is 0.207. The number of hydrogen-bond acceptors (Lipinski definition) is 4. The summed E-state index contributed by atoms with van der Waals surface area (Å²) in [7, 11) is 0. The first-order valence-corrected chi connectivity index (χ1v) is 17.8. The maximum atomic E-state index is 5.28. The summed E-state index contributed by atoms with van der Waals surface area (Å²) < 4.78 is 2.53. The lowest BCUT2D eigenvalue weighted by Crippen LogP contribution is -2.17. The molecule has 9 aromatic rings. The van der Waals surface area contributed by atoms with Crippen LogP contribution in [-0.2, 0) is 5.41 Å². The van der Waals surface area contributed by atoms with Crippen molar-refractivity contribution in [3.63, 3.8) is 0 Å². The van der Waals surface area contributed by atoms with Crippen LogP contribution in [0.2, 0.25) is 0 Å². The monoisotopic (exact) mass is 657 g/mol. The average molecular weight is 658 g/mol.